The van der Waals surface area contributed by atoms with Gasteiger partial charge in [-0.3, -0.25) is 9.36 Å². The first-order chi connectivity index (χ1) is 13.2. The Morgan fingerprint density at radius 2 is 2.11 bits per heavy atom. The van der Waals surface area contributed by atoms with E-state index in [9.17, 15) is 4.79 Å². The second-order valence-electron chi connectivity index (χ2n) is 6.77. The van der Waals surface area contributed by atoms with E-state index in [1.807, 2.05) is 37.3 Å². The number of imidazole rings is 1. The van der Waals surface area contributed by atoms with Gasteiger partial charge in [0.2, 0.25) is 5.78 Å². The van der Waals surface area contributed by atoms with Crippen LogP contribution >= 0.6 is 0 Å². The standard InChI is InChI=1S/C19H20N6O2/c1-2-24-18(26)15-17(22-16(21-15)13-9-6-10-27-13)25-19(24)20-14(23-25)11-12-7-4-3-5-8-12/h3-5,7-8,13H,2,6,9-11H2,1H3,(H,21,22). The second kappa shape index (κ2) is 6.31. The van der Waals surface area contributed by atoms with E-state index in [1.54, 1.807) is 9.08 Å². The Morgan fingerprint density at radius 1 is 1.26 bits per heavy atom. The summed E-state index contributed by atoms with van der Waals surface area (Å²) >= 11 is 0. The third-order valence-corrected chi connectivity index (χ3v) is 4.99. The van der Waals surface area contributed by atoms with E-state index in [0.29, 0.717) is 41.6 Å². The number of nitrogens with one attached hydrogen (secondary N) is 1. The maximum atomic E-state index is 12.9. The SMILES string of the molecule is CCn1c(=O)c2[nH]c(C3CCCO3)nc2n2nc(Cc3ccccc3)nc12. The highest BCUT2D eigenvalue weighted by Crippen LogP contribution is 2.27. The molecule has 0 saturated carbocycles. The van der Waals surface area contributed by atoms with Gasteiger partial charge in [-0.25, -0.2) is 4.98 Å². The molecule has 1 atom stereocenters. The predicted molar refractivity (Wildman–Crippen MR) is 99.7 cm³/mol. The summed E-state index contributed by atoms with van der Waals surface area (Å²) in [5.41, 5.74) is 1.95. The maximum absolute atomic E-state index is 12.9. The van der Waals surface area contributed by atoms with E-state index in [1.165, 1.54) is 0 Å². The average molecular weight is 364 g/mol. The normalized spacial score (nSPS) is 17.3. The van der Waals surface area contributed by atoms with Crippen LogP contribution in [0.2, 0.25) is 0 Å². The number of hydrogen-bond donors (Lipinski definition) is 1. The maximum Gasteiger partial charge on any atom is 0.281 e. The van der Waals surface area contributed by atoms with Crippen LogP contribution in [0, 0.1) is 0 Å². The van der Waals surface area contributed by atoms with Crippen LogP contribution in [0.5, 0.6) is 0 Å². The molecule has 1 unspecified atom stereocenters. The van der Waals surface area contributed by atoms with Crippen molar-refractivity contribution in [1.29, 1.82) is 0 Å². The number of ether oxygens (including phenoxy) is 1. The van der Waals surface area contributed by atoms with Gasteiger partial charge >= 0.3 is 0 Å². The van der Waals surface area contributed by atoms with Crippen molar-refractivity contribution in [3.8, 4) is 0 Å². The molecule has 4 aromatic rings. The van der Waals surface area contributed by atoms with Crippen LogP contribution in [0.15, 0.2) is 35.1 Å². The fourth-order valence-corrected chi connectivity index (χ4v) is 3.66. The van der Waals surface area contributed by atoms with Crippen LogP contribution in [0.25, 0.3) is 16.9 Å². The largest absolute Gasteiger partial charge is 0.370 e. The molecule has 1 saturated heterocycles. The molecular formula is C19H20N6O2. The number of benzene rings is 1. The van der Waals surface area contributed by atoms with Crippen molar-refractivity contribution in [2.24, 2.45) is 0 Å². The lowest BCUT2D eigenvalue weighted by Gasteiger charge is -2.03. The number of hydrogen-bond acceptors (Lipinski definition) is 5. The molecule has 1 fully saturated rings. The van der Waals surface area contributed by atoms with E-state index in [4.69, 9.17) is 4.74 Å². The lowest BCUT2D eigenvalue weighted by molar-refractivity contribution is 0.106. The Kier molecular flexibility index (Phi) is 3.78. The first-order valence-electron chi connectivity index (χ1n) is 9.28. The number of aromatic nitrogens is 6. The molecule has 0 spiro atoms. The Hall–Kier alpha value is -3.00. The number of fused-ring (bicyclic) bond motifs is 3. The zero-order valence-corrected chi connectivity index (χ0v) is 15.1. The minimum Gasteiger partial charge on any atom is -0.370 e. The highest BCUT2D eigenvalue weighted by atomic mass is 16.5. The lowest BCUT2D eigenvalue weighted by atomic mass is 10.1. The Morgan fingerprint density at radius 3 is 2.85 bits per heavy atom. The quantitative estimate of drug-likeness (QED) is 0.600. The molecule has 8 nitrogen and oxygen atoms in total. The molecule has 8 heteroatoms. The van der Waals surface area contributed by atoms with Gasteiger partial charge in [-0.15, -0.1) is 5.10 Å². The highest BCUT2D eigenvalue weighted by Gasteiger charge is 2.24. The highest BCUT2D eigenvalue weighted by molar-refractivity contribution is 5.72. The van der Waals surface area contributed by atoms with Crippen LogP contribution in [0.4, 0.5) is 0 Å². The fourth-order valence-electron chi connectivity index (χ4n) is 3.66. The van der Waals surface area contributed by atoms with E-state index in [0.717, 1.165) is 25.0 Å². The monoisotopic (exact) mass is 364 g/mol. The van der Waals surface area contributed by atoms with Crippen LogP contribution < -0.4 is 5.56 Å². The van der Waals surface area contributed by atoms with Gasteiger partial charge in [0.05, 0.1) is 0 Å². The van der Waals surface area contributed by atoms with Crippen molar-refractivity contribution in [2.45, 2.75) is 38.8 Å². The van der Waals surface area contributed by atoms with Crippen LogP contribution in [0.1, 0.15) is 43.1 Å². The molecule has 1 aliphatic heterocycles. The molecule has 0 aliphatic carbocycles. The summed E-state index contributed by atoms with van der Waals surface area (Å²) in [6.07, 6.45) is 2.42. The van der Waals surface area contributed by atoms with Gasteiger partial charge < -0.3 is 9.72 Å². The first-order valence-corrected chi connectivity index (χ1v) is 9.28. The van der Waals surface area contributed by atoms with E-state index < -0.39 is 0 Å². The summed E-state index contributed by atoms with van der Waals surface area (Å²) in [4.78, 5) is 25.4. The van der Waals surface area contributed by atoms with Gasteiger partial charge in [0.25, 0.3) is 5.56 Å². The van der Waals surface area contributed by atoms with Gasteiger partial charge in [0, 0.05) is 19.6 Å². The Balaban J connectivity index is 1.69. The van der Waals surface area contributed by atoms with Crippen molar-refractivity contribution >= 4 is 16.9 Å². The van der Waals surface area contributed by atoms with E-state index in [2.05, 4.69) is 20.1 Å². The molecule has 138 valence electrons. The summed E-state index contributed by atoms with van der Waals surface area (Å²) in [7, 11) is 0. The van der Waals surface area contributed by atoms with Gasteiger partial charge in [-0.2, -0.15) is 9.50 Å². The predicted octanol–water partition coefficient (Wildman–Crippen LogP) is 2.23. The third kappa shape index (κ3) is 2.64. The topological polar surface area (TPSA) is 90.1 Å². The Labute approximate surface area is 154 Å². The van der Waals surface area contributed by atoms with Crippen molar-refractivity contribution in [2.75, 3.05) is 6.61 Å². The molecule has 1 N–H and O–H groups in total. The van der Waals surface area contributed by atoms with E-state index >= 15 is 0 Å². The number of H-pyrrole nitrogens is 1. The molecule has 0 amide bonds. The number of rotatable bonds is 4. The molecule has 5 rings (SSSR count). The summed E-state index contributed by atoms with van der Waals surface area (Å²) in [5.74, 6) is 1.87. The van der Waals surface area contributed by atoms with Gasteiger partial charge in [0.15, 0.2) is 17.0 Å². The second-order valence-corrected chi connectivity index (χ2v) is 6.77. The number of aromatic amines is 1. The summed E-state index contributed by atoms with van der Waals surface area (Å²) in [5, 5.41) is 4.65. The molecule has 1 aliphatic rings. The number of aryl methyl sites for hydroxylation is 1. The fraction of sp³-hybridized carbons (Fsp3) is 0.368. The minimum atomic E-state index is -0.129. The molecule has 4 heterocycles. The molecule has 0 radical (unpaired) electrons. The van der Waals surface area contributed by atoms with Crippen molar-refractivity contribution in [1.82, 2.24) is 29.1 Å². The van der Waals surface area contributed by atoms with Crippen LogP contribution in [-0.4, -0.2) is 35.7 Å². The van der Waals surface area contributed by atoms with Crippen molar-refractivity contribution < 1.29 is 4.74 Å². The molecule has 1 aromatic carbocycles. The van der Waals surface area contributed by atoms with E-state index in [-0.39, 0.29) is 11.7 Å². The van der Waals surface area contributed by atoms with Crippen molar-refractivity contribution in [3.05, 3.63) is 57.9 Å². The molecule has 0 bridgehead atoms. The first kappa shape index (κ1) is 16.2. The summed E-state index contributed by atoms with van der Waals surface area (Å²) in [6, 6.07) is 10.0. The molecule has 3 aromatic heterocycles. The number of nitrogens with zero attached hydrogens (tertiary/aromatic N) is 5. The van der Waals surface area contributed by atoms with Gasteiger partial charge in [0.1, 0.15) is 11.9 Å². The van der Waals surface area contributed by atoms with Gasteiger partial charge in [-0.05, 0) is 25.3 Å². The average Bonchev–Trinajstić information content (AvgIpc) is 3.42. The Bertz CT molecular complexity index is 1170. The lowest BCUT2D eigenvalue weighted by Crippen LogP contribution is -2.22. The minimum absolute atomic E-state index is 0.0887. The zero-order valence-electron chi connectivity index (χ0n) is 15.1. The van der Waals surface area contributed by atoms with Gasteiger partial charge in [-0.1, -0.05) is 30.3 Å². The summed E-state index contributed by atoms with van der Waals surface area (Å²) < 4.78 is 9.01. The molecular weight excluding hydrogens is 344 g/mol. The van der Waals surface area contributed by atoms with Crippen LogP contribution in [-0.2, 0) is 17.7 Å². The third-order valence-electron chi connectivity index (χ3n) is 4.99. The summed E-state index contributed by atoms with van der Waals surface area (Å²) in [6.45, 7) is 3.16. The van der Waals surface area contributed by atoms with Crippen LogP contribution in [0.3, 0.4) is 0 Å². The smallest absolute Gasteiger partial charge is 0.281 e. The van der Waals surface area contributed by atoms with Crippen molar-refractivity contribution in [3.63, 3.8) is 0 Å². The zero-order chi connectivity index (χ0) is 18.4. The molecule has 27 heavy (non-hydrogen) atoms.